The van der Waals surface area contributed by atoms with Gasteiger partial charge in [0, 0.05) is 23.5 Å². The number of carbonyl (C=O) groups is 2. The van der Waals surface area contributed by atoms with Crippen LogP contribution in [0.3, 0.4) is 0 Å². The molecule has 3 aromatic carbocycles. The lowest BCUT2D eigenvalue weighted by Crippen LogP contribution is -2.40. The summed E-state index contributed by atoms with van der Waals surface area (Å²) >= 11 is 0. The van der Waals surface area contributed by atoms with Crippen LogP contribution in [0.1, 0.15) is 17.9 Å². The number of nitrogens with zero attached hydrogens (tertiary/aromatic N) is 1. The summed E-state index contributed by atoms with van der Waals surface area (Å²) in [5, 5.41) is 3.05. The van der Waals surface area contributed by atoms with Crippen molar-refractivity contribution in [2.75, 3.05) is 23.3 Å². The molecule has 4 rings (SSSR count). The van der Waals surface area contributed by atoms with Crippen LogP contribution in [0.4, 0.5) is 11.4 Å². The van der Waals surface area contributed by atoms with E-state index in [1.54, 1.807) is 0 Å². The summed E-state index contributed by atoms with van der Waals surface area (Å²) < 4.78 is 0. The Labute approximate surface area is 170 Å². The van der Waals surface area contributed by atoms with Gasteiger partial charge in [-0.2, -0.15) is 0 Å². The van der Waals surface area contributed by atoms with Crippen molar-refractivity contribution in [1.82, 2.24) is 0 Å². The highest BCUT2D eigenvalue weighted by atomic mass is 16.2. The average Bonchev–Trinajstić information content (AvgIpc) is 2.75. The van der Waals surface area contributed by atoms with Gasteiger partial charge in [-0.15, -0.1) is 0 Å². The number of rotatable bonds is 5. The number of nitrogens with two attached hydrogens (primary N) is 1. The standard InChI is InChI=1S/C24H23N3O2/c25-24(29)20-14-15-27(22-13-7-5-11-19(20)22)16-23(28)26-21-12-6-4-10-18(21)17-8-2-1-3-9-17/h1-13,20H,14-16H2,(H2,25,29)(H,26,28). The Morgan fingerprint density at radius 1 is 0.931 bits per heavy atom. The first-order chi connectivity index (χ1) is 14.1. The second-order valence-electron chi connectivity index (χ2n) is 7.18. The van der Waals surface area contributed by atoms with Crippen molar-refractivity contribution in [2.45, 2.75) is 12.3 Å². The minimum atomic E-state index is -0.321. The van der Waals surface area contributed by atoms with E-state index in [1.165, 1.54) is 0 Å². The second kappa shape index (κ2) is 8.19. The molecule has 3 aromatic rings. The highest BCUT2D eigenvalue weighted by Gasteiger charge is 2.29. The predicted octanol–water partition coefficient (Wildman–Crippen LogP) is 3.77. The van der Waals surface area contributed by atoms with Crippen LogP contribution in [0.5, 0.6) is 0 Å². The van der Waals surface area contributed by atoms with Crippen LogP contribution in [-0.4, -0.2) is 24.9 Å². The van der Waals surface area contributed by atoms with E-state index in [0.29, 0.717) is 13.0 Å². The minimum absolute atomic E-state index is 0.0966. The Bertz CT molecular complexity index is 1030. The maximum Gasteiger partial charge on any atom is 0.243 e. The monoisotopic (exact) mass is 385 g/mol. The lowest BCUT2D eigenvalue weighted by atomic mass is 9.89. The fourth-order valence-electron chi connectivity index (χ4n) is 3.92. The number of anilines is 2. The highest BCUT2D eigenvalue weighted by Crippen LogP contribution is 2.35. The van der Waals surface area contributed by atoms with Crippen molar-refractivity contribution in [3.63, 3.8) is 0 Å². The fraction of sp³-hybridized carbons (Fsp3) is 0.167. The van der Waals surface area contributed by atoms with E-state index in [4.69, 9.17) is 5.73 Å². The van der Waals surface area contributed by atoms with Gasteiger partial charge in [0.2, 0.25) is 11.8 Å². The molecule has 0 spiro atoms. The summed E-state index contributed by atoms with van der Waals surface area (Å²) in [6.07, 6.45) is 0.611. The predicted molar refractivity (Wildman–Crippen MR) is 116 cm³/mol. The SMILES string of the molecule is NC(=O)C1CCN(CC(=O)Nc2ccccc2-c2ccccc2)c2ccccc21. The summed E-state index contributed by atoms with van der Waals surface area (Å²) in [7, 11) is 0. The van der Waals surface area contributed by atoms with Gasteiger partial charge in [0.1, 0.15) is 0 Å². The molecule has 0 fully saturated rings. The molecule has 1 aliphatic rings. The molecule has 0 radical (unpaired) electrons. The van der Waals surface area contributed by atoms with Crippen LogP contribution < -0.4 is 16.0 Å². The number of nitrogens with one attached hydrogen (secondary N) is 1. The second-order valence-corrected chi connectivity index (χ2v) is 7.18. The third kappa shape index (κ3) is 3.99. The molecule has 5 heteroatoms. The molecular weight excluding hydrogens is 362 g/mol. The number of para-hydroxylation sites is 2. The van der Waals surface area contributed by atoms with E-state index in [9.17, 15) is 9.59 Å². The lowest BCUT2D eigenvalue weighted by molar-refractivity contribution is -0.119. The van der Waals surface area contributed by atoms with Crippen LogP contribution in [0.2, 0.25) is 0 Å². The topological polar surface area (TPSA) is 75.4 Å². The van der Waals surface area contributed by atoms with E-state index in [1.807, 2.05) is 83.8 Å². The molecule has 2 amide bonds. The summed E-state index contributed by atoms with van der Waals surface area (Å²) in [6.45, 7) is 0.823. The number of carbonyl (C=O) groups excluding carboxylic acids is 2. The van der Waals surface area contributed by atoms with Crippen molar-refractivity contribution in [1.29, 1.82) is 0 Å². The van der Waals surface area contributed by atoms with Crippen LogP contribution in [-0.2, 0) is 9.59 Å². The first-order valence-electron chi connectivity index (χ1n) is 9.71. The van der Waals surface area contributed by atoms with Gasteiger partial charge in [-0.1, -0.05) is 66.7 Å². The molecule has 1 unspecified atom stereocenters. The van der Waals surface area contributed by atoms with E-state index < -0.39 is 0 Å². The zero-order chi connectivity index (χ0) is 20.2. The van der Waals surface area contributed by atoms with Gasteiger partial charge in [-0.3, -0.25) is 9.59 Å². The molecule has 0 saturated carbocycles. The largest absolute Gasteiger partial charge is 0.369 e. The van der Waals surface area contributed by atoms with Gasteiger partial charge in [-0.25, -0.2) is 0 Å². The van der Waals surface area contributed by atoms with E-state index in [2.05, 4.69) is 5.32 Å². The Hall–Kier alpha value is -3.60. The number of fused-ring (bicyclic) bond motifs is 1. The van der Waals surface area contributed by atoms with Gasteiger partial charge in [0.25, 0.3) is 0 Å². The zero-order valence-electron chi connectivity index (χ0n) is 16.0. The number of hydrogen-bond donors (Lipinski definition) is 2. The van der Waals surface area contributed by atoms with Gasteiger partial charge >= 0.3 is 0 Å². The third-order valence-electron chi connectivity index (χ3n) is 5.30. The summed E-state index contributed by atoms with van der Waals surface area (Å²) in [5.41, 5.74) is 10.2. The Morgan fingerprint density at radius 2 is 1.62 bits per heavy atom. The maximum absolute atomic E-state index is 12.8. The highest BCUT2D eigenvalue weighted by molar-refractivity contribution is 5.98. The van der Waals surface area contributed by atoms with E-state index >= 15 is 0 Å². The molecule has 0 bridgehead atoms. The van der Waals surface area contributed by atoms with Crippen LogP contribution in [0.15, 0.2) is 78.9 Å². The Kier molecular flexibility index (Phi) is 5.29. The fourth-order valence-corrected chi connectivity index (χ4v) is 3.92. The van der Waals surface area contributed by atoms with Gasteiger partial charge in [0.15, 0.2) is 0 Å². The lowest BCUT2D eigenvalue weighted by Gasteiger charge is -2.34. The Balaban J connectivity index is 1.53. The third-order valence-corrected chi connectivity index (χ3v) is 5.30. The molecule has 1 aliphatic heterocycles. The maximum atomic E-state index is 12.8. The summed E-state index contributed by atoms with van der Waals surface area (Å²) in [6, 6.07) is 25.4. The molecule has 1 atom stereocenters. The van der Waals surface area contributed by atoms with Gasteiger partial charge < -0.3 is 16.0 Å². The molecule has 0 aromatic heterocycles. The van der Waals surface area contributed by atoms with Crippen LogP contribution in [0, 0.1) is 0 Å². The van der Waals surface area contributed by atoms with Crippen molar-refractivity contribution >= 4 is 23.2 Å². The quantitative estimate of drug-likeness (QED) is 0.702. The number of amides is 2. The first kappa shape index (κ1) is 18.7. The molecule has 0 aliphatic carbocycles. The normalized spacial score (nSPS) is 15.4. The van der Waals surface area contributed by atoms with Gasteiger partial charge in [0.05, 0.1) is 12.5 Å². The van der Waals surface area contributed by atoms with E-state index in [0.717, 1.165) is 28.1 Å². The molecule has 3 N–H and O–H groups in total. The first-order valence-corrected chi connectivity index (χ1v) is 9.71. The summed E-state index contributed by atoms with van der Waals surface area (Å²) in [4.78, 5) is 26.6. The number of benzene rings is 3. The van der Waals surface area contributed by atoms with Crippen molar-refractivity contribution in [2.24, 2.45) is 5.73 Å². The van der Waals surface area contributed by atoms with Crippen LogP contribution in [0.25, 0.3) is 11.1 Å². The molecule has 5 nitrogen and oxygen atoms in total. The van der Waals surface area contributed by atoms with Crippen molar-refractivity contribution in [3.8, 4) is 11.1 Å². The van der Waals surface area contributed by atoms with Crippen molar-refractivity contribution < 1.29 is 9.59 Å². The average molecular weight is 385 g/mol. The smallest absolute Gasteiger partial charge is 0.243 e. The molecule has 1 heterocycles. The molecule has 0 saturated heterocycles. The van der Waals surface area contributed by atoms with Crippen LogP contribution >= 0.6 is 0 Å². The summed E-state index contributed by atoms with van der Waals surface area (Å²) in [5.74, 6) is -0.719. The molecular formula is C24H23N3O2. The Morgan fingerprint density at radius 3 is 2.41 bits per heavy atom. The molecule has 146 valence electrons. The van der Waals surface area contributed by atoms with Gasteiger partial charge in [-0.05, 0) is 29.7 Å². The minimum Gasteiger partial charge on any atom is -0.369 e. The van der Waals surface area contributed by atoms with E-state index in [-0.39, 0.29) is 24.3 Å². The molecule has 29 heavy (non-hydrogen) atoms. The zero-order valence-corrected chi connectivity index (χ0v) is 16.0. The number of hydrogen-bond acceptors (Lipinski definition) is 3. The van der Waals surface area contributed by atoms with Crippen molar-refractivity contribution in [3.05, 3.63) is 84.4 Å². The number of primary amides is 1.